The summed E-state index contributed by atoms with van der Waals surface area (Å²) in [6.45, 7) is 5.17. The molecule has 2 rings (SSSR count). The summed E-state index contributed by atoms with van der Waals surface area (Å²) in [5.41, 5.74) is 1.00. The molecule has 21 heavy (non-hydrogen) atoms. The molecule has 0 spiro atoms. The van der Waals surface area contributed by atoms with Crippen molar-refractivity contribution in [3.8, 4) is 0 Å². The molecule has 114 valence electrons. The summed E-state index contributed by atoms with van der Waals surface area (Å²) in [4.78, 5) is 0. The van der Waals surface area contributed by atoms with Crippen LogP contribution in [0.1, 0.15) is 56.2 Å². The van der Waals surface area contributed by atoms with Gasteiger partial charge in [0.05, 0.1) is 6.04 Å². The second kappa shape index (κ2) is 7.90. The average Bonchev–Trinajstić information content (AvgIpc) is 2.99. The number of aromatic nitrogens is 2. The van der Waals surface area contributed by atoms with Crippen LogP contribution in [0.2, 0.25) is 0 Å². The molecule has 5 heteroatoms. The predicted octanol–water partition coefficient (Wildman–Crippen LogP) is 3.26. The van der Waals surface area contributed by atoms with Crippen molar-refractivity contribution in [2.45, 2.75) is 38.8 Å². The van der Waals surface area contributed by atoms with Gasteiger partial charge in [-0.2, -0.15) is 0 Å². The lowest BCUT2D eigenvalue weighted by Gasteiger charge is -2.13. The molecule has 2 aromatic rings. The summed E-state index contributed by atoms with van der Waals surface area (Å²) in [5, 5.41) is 11.7. The van der Waals surface area contributed by atoms with E-state index in [-0.39, 0.29) is 12.1 Å². The second-order valence-corrected chi connectivity index (χ2v) is 4.92. The van der Waals surface area contributed by atoms with Crippen molar-refractivity contribution >= 4 is 0 Å². The zero-order valence-corrected chi connectivity index (χ0v) is 12.9. The van der Waals surface area contributed by atoms with E-state index in [1.54, 1.807) is 7.11 Å². The third-order valence-corrected chi connectivity index (χ3v) is 3.37. The standard InChI is InChI=1S/C16H23N3O2/c1-4-11-17-13(5-2)15-18-19-16(21-15)14(20-3)12-9-7-6-8-10-12/h6-10,13-14,17H,4-5,11H2,1-3H3. The maximum atomic E-state index is 5.83. The van der Waals surface area contributed by atoms with Crippen LogP contribution in [-0.4, -0.2) is 23.9 Å². The Bertz CT molecular complexity index is 527. The van der Waals surface area contributed by atoms with Crippen LogP contribution in [-0.2, 0) is 4.74 Å². The molecule has 0 bridgehead atoms. The summed E-state index contributed by atoms with van der Waals surface area (Å²) >= 11 is 0. The van der Waals surface area contributed by atoms with Gasteiger partial charge in [-0.15, -0.1) is 10.2 Å². The van der Waals surface area contributed by atoms with Crippen molar-refractivity contribution in [1.82, 2.24) is 15.5 Å². The molecule has 1 aromatic carbocycles. The number of nitrogens with one attached hydrogen (secondary N) is 1. The quantitative estimate of drug-likeness (QED) is 0.808. The molecule has 0 amide bonds. The Kier molecular flexibility index (Phi) is 5.90. The fraction of sp³-hybridized carbons (Fsp3) is 0.500. The van der Waals surface area contributed by atoms with Crippen LogP contribution >= 0.6 is 0 Å². The van der Waals surface area contributed by atoms with Gasteiger partial charge >= 0.3 is 0 Å². The first-order valence-electron chi connectivity index (χ1n) is 7.44. The normalized spacial score (nSPS) is 14.0. The highest BCUT2D eigenvalue weighted by Gasteiger charge is 2.23. The molecule has 1 aromatic heterocycles. The Hall–Kier alpha value is -1.72. The van der Waals surface area contributed by atoms with E-state index in [1.165, 1.54) is 0 Å². The van der Waals surface area contributed by atoms with Crippen LogP contribution in [0, 0.1) is 0 Å². The lowest BCUT2D eigenvalue weighted by Crippen LogP contribution is -2.21. The third-order valence-electron chi connectivity index (χ3n) is 3.37. The van der Waals surface area contributed by atoms with E-state index in [4.69, 9.17) is 9.15 Å². The largest absolute Gasteiger partial charge is 0.420 e. The van der Waals surface area contributed by atoms with Gasteiger partial charge in [0.15, 0.2) is 6.10 Å². The monoisotopic (exact) mass is 289 g/mol. The first-order chi connectivity index (χ1) is 10.3. The van der Waals surface area contributed by atoms with E-state index in [1.807, 2.05) is 30.3 Å². The number of methoxy groups -OCH3 is 1. The lowest BCUT2D eigenvalue weighted by molar-refractivity contribution is 0.109. The highest BCUT2D eigenvalue weighted by atomic mass is 16.5. The van der Waals surface area contributed by atoms with Crippen LogP contribution in [0.5, 0.6) is 0 Å². The van der Waals surface area contributed by atoms with Gasteiger partial charge in [-0.05, 0) is 24.9 Å². The minimum Gasteiger partial charge on any atom is -0.420 e. The molecule has 2 unspecified atom stereocenters. The maximum Gasteiger partial charge on any atom is 0.249 e. The Labute approximate surface area is 125 Å². The summed E-state index contributed by atoms with van der Waals surface area (Å²) in [6, 6.07) is 9.98. The van der Waals surface area contributed by atoms with Gasteiger partial charge in [0.2, 0.25) is 11.8 Å². The van der Waals surface area contributed by atoms with Crippen molar-refractivity contribution in [3.05, 3.63) is 47.7 Å². The molecule has 0 aliphatic heterocycles. The topological polar surface area (TPSA) is 60.2 Å². The van der Waals surface area contributed by atoms with E-state index >= 15 is 0 Å². The summed E-state index contributed by atoms with van der Waals surface area (Å²) in [5.74, 6) is 1.12. The highest BCUT2D eigenvalue weighted by Crippen LogP contribution is 2.26. The number of rotatable bonds is 8. The molecule has 1 heterocycles. The molecule has 1 N–H and O–H groups in total. The molecule has 2 atom stereocenters. The van der Waals surface area contributed by atoms with E-state index in [9.17, 15) is 0 Å². The molecule has 0 radical (unpaired) electrons. The minimum atomic E-state index is -0.323. The molecule has 0 fully saturated rings. The zero-order valence-electron chi connectivity index (χ0n) is 12.9. The van der Waals surface area contributed by atoms with E-state index < -0.39 is 0 Å². The Morgan fingerprint density at radius 3 is 2.48 bits per heavy atom. The van der Waals surface area contributed by atoms with Crippen molar-refractivity contribution in [2.75, 3.05) is 13.7 Å². The SMILES string of the molecule is CCCNC(CC)c1nnc(C(OC)c2ccccc2)o1. The van der Waals surface area contributed by atoms with Crippen molar-refractivity contribution in [2.24, 2.45) is 0 Å². The molecule has 5 nitrogen and oxygen atoms in total. The fourth-order valence-electron chi connectivity index (χ4n) is 2.23. The zero-order chi connectivity index (χ0) is 15.1. The number of ether oxygens (including phenoxy) is 1. The van der Waals surface area contributed by atoms with Gasteiger partial charge in [-0.1, -0.05) is 44.2 Å². The van der Waals surface area contributed by atoms with E-state index in [0.717, 1.165) is 24.9 Å². The van der Waals surface area contributed by atoms with Gasteiger partial charge in [-0.3, -0.25) is 0 Å². The van der Waals surface area contributed by atoms with Crippen LogP contribution in [0.3, 0.4) is 0 Å². The van der Waals surface area contributed by atoms with Gasteiger partial charge in [0.25, 0.3) is 0 Å². The molecular weight excluding hydrogens is 266 g/mol. The predicted molar refractivity (Wildman–Crippen MR) is 80.9 cm³/mol. The van der Waals surface area contributed by atoms with Gasteiger partial charge in [0, 0.05) is 7.11 Å². The molecule has 0 saturated heterocycles. The summed E-state index contributed by atoms with van der Waals surface area (Å²) in [6.07, 6.45) is 1.66. The Morgan fingerprint density at radius 2 is 1.86 bits per heavy atom. The second-order valence-electron chi connectivity index (χ2n) is 4.92. The summed E-state index contributed by atoms with van der Waals surface area (Å²) in [7, 11) is 1.65. The Balaban J connectivity index is 2.17. The first kappa shape index (κ1) is 15.7. The van der Waals surface area contributed by atoms with Gasteiger partial charge in [-0.25, -0.2) is 0 Å². The number of hydrogen-bond donors (Lipinski definition) is 1. The van der Waals surface area contributed by atoms with Crippen molar-refractivity contribution in [3.63, 3.8) is 0 Å². The van der Waals surface area contributed by atoms with E-state index in [0.29, 0.717) is 11.8 Å². The van der Waals surface area contributed by atoms with E-state index in [2.05, 4.69) is 29.4 Å². The average molecular weight is 289 g/mol. The number of hydrogen-bond acceptors (Lipinski definition) is 5. The smallest absolute Gasteiger partial charge is 0.249 e. The molecule has 0 saturated carbocycles. The van der Waals surface area contributed by atoms with Crippen LogP contribution in [0.25, 0.3) is 0 Å². The van der Waals surface area contributed by atoms with Crippen molar-refractivity contribution in [1.29, 1.82) is 0 Å². The van der Waals surface area contributed by atoms with Gasteiger partial charge in [0.1, 0.15) is 0 Å². The first-order valence-corrected chi connectivity index (χ1v) is 7.44. The van der Waals surface area contributed by atoms with Crippen LogP contribution in [0.4, 0.5) is 0 Å². The van der Waals surface area contributed by atoms with Gasteiger partial charge < -0.3 is 14.5 Å². The van der Waals surface area contributed by atoms with Crippen LogP contribution in [0.15, 0.2) is 34.7 Å². The minimum absolute atomic E-state index is 0.0967. The van der Waals surface area contributed by atoms with Crippen molar-refractivity contribution < 1.29 is 9.15 Å². The molecular formula is C16H23N3O2. The maximum absolute atomic E-state index is 5.83. The highest BCUT2D eigenvalue weighted by molar-refractivity contribution is 5.21. The number of benzene rings is 1. The summed E-state index contributed by atoms with van der Waals surface area (Å²) < 4.78 is 11.3. The Morgan fingerprint density at radius 1 is 1.14 bits per heavy atom. The van der Waals surface area contributed by atoms with Crippen LogP contribution < -0.4 is 5.32 Å². The number of nitrogens with zero attached hydrogens (tertiary/aromatic N) is 2. The fourth-order valence-corrected chi connectivity index (χ4v) is 2.23. The third kappa shape index (κ3) is 3.89. The molecule has 0 aliphatic rings. The molecule has 0 aliphatic carbocycles. The lowest BCUT2D eigenvalue weighted by atomic mass is 10.1.